The van der Waals surface area contributed by atoms with Crippen LogP contribution in [0.2, 0.25) is 0 Å². The molecule has 3 aliphatic heterocycles. The van der Waals surface area contributed by atoms with Gasteiger partial charge in [-0.25, -0.2) is 0 Å². The van der Waals surface area contributed by atoms with Crippen molar-refractivity contribution in [2.45, 2.75) is 57.1 Å². The Hall–Kier alpha value is -0.620. The predicted molar refractivity (Wildman–Crippen MR) is 108 cm³/mol. The van der Waals surface area contributed by atoms with Gasteiger partial charge in [-0.1, -0.05) is 28.8 Å². The summed E-state index contributed by atoms with van der Waals surface area (Å²) in [7, 11) is 0. The zero-order valence-electron chi connectivity index (χ0n) is 15.8. The maximum absolute atomic E-state index is 11.6. The van der Waals surface area contributed by atoms with Gasteiger partial charge in [-0.15, -0.1) is 0 Å². The van der Waals surface area contributed by atoms with E-state index in [1.165, 1.54) is 38.5 Å². The maximum atomic E-state index is 11.6. The zero-order valence-corrected chi connectivity index (χ0v) is 17.4. The molecule has 0 amide bonds. The summed E-state index contributed by atoms with van der Waals surface area (Å²) in [6.07, 6.45) is 7.11. The molecule has 1 N–H and O–H groups in total. The van der Waals surface area contributed by atoms with Crippen molar-refractivity contribution in [1.82, 2.24) is 9.80 Å². The lowest BCUT2D eigenvalue weighted by Crippen LogP contribution is -2.65. The highest BCUT2D eigenvalue weighted by Gasteiger charge is 2.49. The molecule has 3 heterocycles. The van der Waals surface area contributed by atoms with Crippen molar-refractivity contribution in [3.8, 4) is 5.75 Å². The molecule has 144 valence electrons. The highest BCUT2D eigenvalue weighted by atomic mass is 79.9. The number of hydrogen-bond donors (Lipinski definition) is 1. The second kappa shape index (κ2) is 7.78. The van der Waals surface area contributed by atoms with Crippen LogP contribution in [-0.2, 0) is 0 Å². The van der Waals surface area contributed by atoms with Crippen LogP contribution in [0.3, 0.4) is 0 Å². The molecule has 0 spiro atoms. The molecular formula is C21H31BrN2O2. The first kappa shape index (κ1) is 18.7. The standard InChI is InChI=1S/C21H31BrN2O2/c1-16-12-19-17(13-18(16)22)20(25)21(15-26-19,24-10-6-3-7-11-24)14-23-8-4-2-5-9-23/h12-13,20,25H,2-11,14-15H2,1H3/t20-,21+/m1/s1. The first-order valence-electron chi connectivity index (χ1n) is 10.2. The molecule has 0 saturated carbocycles. The van der Waals surface area contributed by atoms with Crippen LogP contribution in [0.1, 0.15) is 55.8 Å². The summed E-state index contributed by atoms with van der Waals surface area (Å²) in [6.45, 7) is 7.98. The van der Waals surface area contributed by atoms with E-state index in [0.717, 1.165) is 54.1 Å². The van der Waals surface area contributed by atoms with Gasteiger partial charge in [0.2, 0.25) is 0 Å². The normalized spacial score (nSPS) is 30.7. The smallest absolute Gasteiger partial charge is 0.125 e. The van der Waals surface area contributed by atoms with Crippen LogP contribution in [0.25, 0.3) is 0 Å². The van der Waals surface area contributed by atoms with Crippen molar-refractivity contribution in [2.24, 2.45) is 0 Å². The minimum Gasteiger partial charge on any atom is -0.491 e. The molecule has 0 aliphatic carbocycles. The fourth-order valence-corrected chi connectivity index (χ4v) is 5.28. The Balaban J connectivity index is 1.68. The third-order valence-corrected chi connectivity index (χ3v) is 7.36. The lowest BCUT2D eigenvalue weighted by molar-refractivity contribution is -0.0987. The largest absolute Gasteiger partial charge is 0.491 e. The van der Waals surface area contributed by atoms with Crippen LogP contribution in [0.15, 0.2) is 16.6 Å². The SMILES string of the molecule is Cc1cc2c(cc1Br)[C@@H](O)[C@@](CN1CCCCC1)(N1CCCCC1)CO2. The molecule has 2 fully saturated rings. The van der Waals surface area contributed by atoms with Gasteiger partial charge in [-0.05, 0) is 76.5 Å². The fraction of sp³-hybridized carbons (Fsp3) is 0.714. The Labute approximate surface area is 165 Å². The van der Waals surface area contributed by atoms with E-state index in [-0.39, 0.29) is 5.54 Å². The van der Waals surface area contributed by atoms with Crippen molar-refractivity contribution in [2.75, 3.05) is 39.3 Å². The predicted octanol–water partition coefficient (Wildman–Crippen LogP) is 3.89. The average molecular weight is 423 g/mol. The number of likely N-dealkylation sites (tertiary alicyclic amines) is 2. The summed E-state index contributed by atoms with van der Waals surface area (Å²) >= 11 is 3.64. The quantitative estimate of drug-likeness (QED) is 0.800. The van der Waals surface area contributed by atoms with E-state index in [2.05, 4.69) is 44.8 Å². The average Bonchev–Trinajstić information content (AvgIpc) is 2.67. The van der Waals surface area contributed by atoms with Crippen LogP contribution >= 0.6 is 15.9 Å². The van der Waals surface area contributed by atoms with Gasteiger partial charge in [-0.3, -0.25) is 4.90 Å². The highest BCUT2D eigenvalue weighted by molar-refractivity contribution is 9.10. The topological polar surface area (TPSA) is 35.9 Å². The highest BCUT2D eigenvalue weighted by Crippen LogP contribution is 2.44. The van der Waals surface area contributed by atoms with Gasteiger partial charge >= 0.3 is 0 Å². The molecule has 1 aromatic rings. The number of rotatable bonds is 3. The minimum absolute atomic E-state index is 0.334. The molecule has 0 unspecified atom stereocenters. The van der Waals surface area contributed by atoms with E-state index < -0.39 is 6.10 Å². The summed E-state index contributed by atoms with van der Waals surface area (Å²) in [5.74, 6) is 0.851. The summed E-state index contributed by atoms with van der Waals surface area (Å²) in [4.78, 5) is 5.09. The Bertz CT molecular complexity index is 641. The van der Waals surface area contributed by atoms with Gasteiger partial charge in [-0.2, -0.15) is 0 Å². The molecule has 0 radical (unpaired) electrons. The van der Waals surface area contributed by atoms with Gasteiger partial charge in [0, 0.05) is 16.6 Å². The third kappa shape index (κ3) is 3.44. The number of ether oxygens (including phenoxy) is 1. The Morgan fingerprint density at radius 1 is 1.08 bits per heavy atom. The molecule has 4 nitrogen and oxygen atoms in total. The molecule has 1 aromatic carbocycles. The van der Waals surface area contributed by atoms with Crippen molar-refractivity contribution in [3.63, 3.8) is 0 Å². The lowest BCUT2D eigenvalue weighted by atomic mass is 9.81. The van der Waals surface area contributed by atoms with E-state index in [4.69, 9.17) is 4.74 Å². The molecule has 0 aromatic heterocycles. The molecule has 0 bridgehead atoms. The van der Waals surface area contributed by atoms with E-state index in [1.54, 1.807) is 0 Å². The molecule has 2 atom stereocenters. The number of halogens is 1. The molecule has 2 saturated heterocycles. The van der Waals surface area contributed by atoms with Gasteiger partial charge in [0.05, 0.1) is 5.54 Å². The zero-order chi connectivity index (χ0) is 18.1. The van der Waals surface area contributed by atoms with E-state index in [1.807, 2.05) is 0 Å². The molecule has 3 aliphatic rings. The summed E-state index contributed by atoms with van der Waals surface area (Å²) in [6, 6.07) is 4.13. The monoisotopic (exact) mass is 422 g/mol. The molecular weight excluding hydrogens is 392 g/mol. The molecule has 4 rings (SSSR count). The number of aliphatic hydroxyl groups is 1. The first-order valence-corrected chi connectivity index (χ1v) is 11.0. The van der Waals surface area contributed by atoms with E-state index in [0.29, 0.717) is 6.61 Å². The Morgan fingerprint density at radius 3 is 2.42 bits per heavy atom. The van der Waals surface area contributed by atoms with Gasteiger partial charge < -0.3 is 14.7 Å². The van der Waals surface area contributed by atoms with Crippen molar-refractivity contribution in [3.05, 3.63) is 27.7 Å². The van der Waals surface area contributed by atoms with Crippen molar-refractivity contribution in [1.29, 1.82) is 0 Å². The Kier molecular flexibility index (Phi) is 5.61. The fourth-order valence-electron chi connectivity index (χ4n) is 4.92. The number of aliphatic hydroxyl groups excluding tert-OH is 1. The number of nitrogens with zero attached hydrogens (tertiary/aromatic N) is 2. The maximum Gasteiger partial charge on any atom is 0.125 e. The van der Waals surface area contributed by atoms with Gasteiger partial charge in [0.1, 0.15) is 18.5 Å². The number of hydrogen-bond acceptors (Lipinski definition) is 4. The first-order chi connectivity index (χ1) is 12.6. The van der Waals surface area contributed by atoms with Gasteiger partial charge in [0.15, 0.2) is 0 Å². The Morgan fingerprint density at radius 2 is 1.73 bits per heavy atom. The second-order valence-corrected chi connectivity index (χ2v) is 9.17. The third-order valence-electron chi connectivity index (χ3n) is 6.50. The molecule has 5 heteroatoms. The van der Waals surface area contributed by atoms with Crippen LogP contribution in [-0.4, -0.2) is 59.8 Å². The van der Waals surface area contributed by atoms with E-state index >= 15 is 0 Å². The summed E-state index contributed by atoms with van der Waals surface area (Å²) in [5, 5.41) is 11.6. The van der Waals surface area contributed by atoms with Crippen molar-refractivity contribution >= 4 is 15.9 Å². The second-order valence-electron chi connectivity index (χ2n) is 8.32. The lowest BCUT2D eigenvalue weighted by Gasteiger charge is -2.52. The van der Waals surface area contributed by atoms with Crippen LogP contribution < -0.4 is 4.74 Å². The van der Waals surface area contributed by atoms with E-state index in [9.17, 15) is 5.11 Å². The number of fused-ring (bicyclic) bond motifs is 1. The summed E-state index contributed by atoms with van der Waals surface area (Å²) < 4.78 is 7.34. The van der Waals surface area contributed by atoms with Crippen molar-refractivity contribution < 1.29 is 9.84 Å². The number of aryl methyl sites for hydroxylation is 1. The van der Waals surface area contributed by atoms with Crippen LogP contribution in [0.5, 0.6) is 5.75 Å². The molecule has 26 heavy (non-hydrogen) atoms. The number of piperidine rings is 2. The number of benzene rings is 1. The van der Waals surface area contributed by atoms with Gasteiger partial charge in [0.25, 0.3) is 0 Å². The minimum atomic E-state index is -0.511. The van der Waals surface area contributed by atoms with Crippen LogP contribution in [0.4, 0.5) is 0 Å². The van der Waals surface area contributed by atoms with Crippen LogP contribution in [0, 0.1) is 6.92 Å². The summed E-state index contributed by atoms with van der Waals surface area (Å²) in [5.41, 5.74) is 1.76.